The van der Waals surface area contributed by atoms with E-state index in [-0.39, 0.29) is 11.7 Å². The molecule has 0 fully saturated rings. The summed E-state index contributed by atoms with van der Waals surface area (Å²) < 4.78 is 7.15. The second-order valence-corrected chi connectivity index (χ2v) is 7.23. The van der Waals surface area contributed by atoms with Gasteiger partial charge in [-0.05, 0) is 37.3 Å². The molecular weight excluding hydrogens is 410 g/mol. The van der Waals surface area contributed by atoms with E-state index < -0.39 is 0 Å². The Hall–Kier alpha value is -2.84. The Balaban J connectivity index is 1.61. The van der Waals surface area contributed by atoms with Crippen molar-refractivity contribution in [3.8, 4) is 17.1 Å². The Kier molecular flexibility index (Phi) is 7.26. The molecule has 9 heteroatoms. The lowest BCUT2D eigenvalue weighted by molar-refractivity contribution is -0.118. The number of rotatable bonds is 8. The summed E-state index contributed by atoms with van der Waals surface area (Å²) in [7, 11) is 1.63. The number of methoxy groups -OCH3 is 1. The second-order valence-electron chi connectivity index (χ2n) is 5.88. The predicted octanol–water partition coefficient (Wildman–Crippen LogP) is 3.87. The number of aromatic nitrogens is 3. The topological polar surface area (TPSA) is 81.4 Å². The van der Waals surface area contributed by atoms with E-state index in [2.05, 4.69) is 20.7 Å². The number of hydrogen-bond donors (Lipinski definition) is 1. The molecule has 0 aliphatic rings. The molecule has 1 aromatic heterocycles. The third-order valence-corrected chi connectivity index (χ3v) is 5.32. The summed E-state index contributed by atoms with van der Waals surface area (Å²) >= 11 is 7.36. The van der Waals surface area contributed by atoms with Gasteiger partial charge < -0.3 is 9.30 Å². The van der Waals surface area contributed by atoms with Gasteiger partial charge in [0.15, 0.2) is 11.0 Å². The van der Waals surface area contributed by atoms with E-state index in [0.29, 0.717) is 16.7 Å². The highest BCUT2D eigenvalue weighted by Gasteiger charge is 2.14. The molecule has 1 N–H and O–H groups in total. The number of hydrazone groups is 1. The van der Waals surface area contributed by atoms with Crippen LogP contribution in [0.15, 0.2) is 58.8 Å². The van der Waals surface area contributed by atoms with Crippen molar-refractivity contribution in [3.63, 3.8) is 0 Å². The molecule has 0 aliphatic heterocycles. The zero-order chi connectivity index (χ0) is 20.6. The molecular formula is C20H20ClN5O2S. The minimum absolute atomic E-state index is 0.167. The highest BCUT2D eigenvalue weighted by atomic mass is 35.5. The highest BCUT2D eigenvalue weighted by Crippen LogP contribution is 2.25. The molecule has 29 heavy (non-hydrogen) atoms. The fourth-order valence-corrected chi connectivity index (χ4v) is 3.53. The molecule has 0 spiro atoms. The molecule has 0 bridgehead atoms. The van der Waals surface area contributed by atoms with Crippen LogP contribution in [0.1, 0.15) is 12.5 Å². The summed E-state index contributed by atoms with van der Waals surface area (Å²) in [6.45, 7) is 2.69. The Morgan fingerprint density at radius 1 is 1.24 bits per heavy atom. The van der Waals surface area contributed by atoms with E-state index in [1.165, 1.54) is 18.0 Å². The molecule has 3 aromatic rings. The maximum absolute atomic E-state index is 12.1. The predicted molar refractivity (Wildman–Crippen MR) is 116 cm³/mol. The van der Waals surface area contributed by atoms with Gasteiger partial charge in [-0.25, -0.2) is 5.43 Å². The van der Waals surface area contributed by atoms with E-state index in [1.807, 2.05) is 54.0 Å². The van der Waals surface area contributed by atoms with Crippen LogP contribution >= 0.6 is 23.4 Å². The van der Waals surface area contributed by atoms with Gasteiger partial charge in [0.2, 0.25) is 0 Å². The number of hydrogen-bond acceptors (Lipinski definition) is 6. The fourth-order valence-electron chi connectivity index (χ4n) is 2.55. The van der Waals surface area contributed by atoms with Crippen LogP contribution in [0.25, 0.3) is 11.4 Å². The Labute approximate surface area is 178 Å². The molecule has 7 nitrogen and oxygen atoms in total. The molecule has 2 aromatic carbocycles. The average Bonchev–Trinajstić information content (AvgIpc) is 3.16. The number of amides is 1. The van der Waals surface area contributed by atoms with Gasteiger partial charge in [0, 0.05) is 22.7 Å². The standard InChI is InChI=1S/C20H20ClN5O2S/c1-3-26-19(14-8-10-16(28-2)11-9-14)24-25-20(26)29-13-18(27)23-22-12-15-6-4-5-7-17(15)21/h4-12H,3,13H2,1-2H3,(H,23,27)/b22-12+. The lowest BCUT2D eigenvalue weighted by Gasteiger charge is -2.07. The first-order valence-corrected chi connectivity index (χ1v) is 10.3. The van der Waals surface area contributed by atoms with Gasteiger partial charge in [0.25, 0.3) is 5.91 Å². The number of carbonyl (C=O) groups is 1. The molecule has 0 atom stereocenters. The minimum Gasteiger partial charge on any atom is -0.497 e. The van der Waals surface area contributed by atoms with Crippen molar-refractivity contribution in [2.75, 3.05) is 12.9 Å². The summed E-state index contributed by atoms with van der Waals surface area (Å²) in [5.41, 5.74) is 4.16. The first-order chi connectivity index (χ1) is 14.1. The van der Waals surface area contributed by atoms with Crippen LogP contribution in [0.3, 0.4) is 0 Å². The first kappa shape index (κ1) is 20.9. The normalized spacial score (nSPS) is 11.0. The van der Waals surface area contributed by atoms with Crippen molar-refractivity contribution >= 4 is 35.5 Å². The maximum Gasteiger partial charge on any atom is 0.250 e. The molecule has 1 amide bonds. The Morgan fingerprint density at radius 2 is 2.00 bits per heavy atom. The van der Waals surface area contributed by atoms with E-state index in [4.69, 9.17) is 16.3 Å². The second kappa shape index (κ2) is 10.1. The number of halogens is 1. The van der Waals surface area contributed by atoms with E-state index >= 15 is 0 Å². The zero-order valence-electron chi connectivity index (χ0n) is 16.0. The van der Waals surface area contributed by atoms with Crippen LogP contribution in [-0.4, -0.2) is 39.7 Å². The summed E-state index contributed by atoms with van der Waals surface area (Å²) in [5, 5.41) is 13.7. The van der Waals surface area contributed by atoms with Crippen LogP contribution in [0.2, 0.25) is 5.02 Å². The Bertz CT molecular complexity index is 1000. The zero-order valence-corrected chi connectivity index (χ0v) is 17.6. The number of ether oxygens (including phenoxy) is 1. The summed E-state index contributed by atoms with van der Waals surface area (Å²) in [5.74, 6) is 1.45. The third-order valence-electron chi connectivity index (χ3n) is 4.01. The van der Waals surface area contributed by atoms with Crippen LogP contribution < -0.4 is 10.2 Å². The van der Waals surface area contributed by atoms with Crippen LogP contribution in [0, 0.1) is 0 Å². The van der Waals surface area contributed by atoms with Gasteiger partial charge in [-0.3, -0.25) is 4.79 Å². The van der Waals surface area contributed by atoms with Gasteiger partial charge >= 0.3 is 0 Å². The molecule has 0 radical (unpaired) electrons. The van der Waals surface area contributed by atoms with Gasteiger partial charge in [0.1, 0.15) is 5.75 Å². The number of thioether (sulfide) groups is 1. The number of nitrogens with zero attached hydrogens (tertiary/aromatic N) is 4. The average molecular weight is 430 g/mol. The molecule has 0 unspecified atom stereocenters. The highest BCUT2D eigenvalue weighted by molar-refractivity contribution is 7.99. The quantitative estimate of drug-likeness (QED) is 0.334. The van der Waals surface area contributed by atoms with Crippen LogP contribution in [0.5, 0.6) is 5.75 Å². The molecule has 0 saturated heterocycles. The summed E-state index contributed by atoms with van der Waals surface area (Å²) in [6, 6.07) is 14.9. The lowest BCUT2D eigenvalue weighted by Crippen LogP contribution is -2.20. The third kappa shape index (κ3) is 5.36. The molecule has 3 rings (SSSR count). The number of benzene rings is 2. The Morgan fingerprint density at radius 3 is 2.69 bits per heavy atom. The fraction of sp³-hybridized carbons (Fsp3) is 0.200. The summed E-state index contributed by atoms with van der Waals surface area (Å²) in [4.78, 5) is 12.1. The van der Waals surface area contributed by atoms with Gasteiger partial charge in [-0.1, -0.05) is 41.6 Å². The smallest absolute Gasteiger partial charge is 0.250 e. The van der Waals surface area contributed by atoms with Gasteiger partial charge in [-0.2, -0.15) is 5.10 Å². The van der Waals surface area contributed by atoms with Crippen LogP contribution in [-0.2, 0) is 11.3 Å². The minimum atomic E-state index is -0.241. The van der Waals surface area contributed by atoms with E-state index in [1.54, 1.807) is 13.2 Å². The largest absolute Gasteiger partial charge is 0.497 e. The molecule has 150 valence electrons. The monoisotopic (exact) mass is 429 g/mol. The molecule has 1 heterocycles. The first-order valence-electron chi connectivity index (χ1n) is 8.89. The van der Waals surface area contributed by atoms with Gasteiger partial charge in [-0.15, -0.1) is 10.2 Å². The lowest BCUT2D eigenvalue weighted by atomic mass is 10.2. The maximum atomic E-state index is 12.1. The molecule has 0 saturated carbocycles. The van der Waals surface area contributed by atoms with E-state index in [9.17, 15) is 4.79 Å². The van der Waals surface area contributed by atoms with E-state index in [0.717, 1.165) is 22.7 Å². The molecule has 0 aliphatic carbocycles. The van der Waals surface area contributed by atoms with Crippen molar-refractivity contribution in [2.45, 2.75) is 18.6 Å². The number of carbonyl (C=O) groups excluding carboxylic acids is 1. The van der Waals surface area contributed by atoms with Crippen molar-refractivity contribution in [1.29, 1.82) is 0 Å². The van der Waals surface area contributed by atoms with Gasteiger partial charge in [0.05, 0.1) is 19.1 Å². The van der Waals surface area contributed by atoms with Crippen molar-refractivity contribution in [3.05, 3.63) is 59.1 Å². The van der Waals surface area contributed by atoms with Crippen molar-refractivity contribution in [1.82, 2.24) is 20.2 Å². The number of nitrogens with one attached hydrogen (secondary N) is 1. The van der Waals surface area contributed by atoms with Crippen molar-refractivity contribution in [2.24, 2.45) is 5.10 Å². The summed E-state index contributed by atoms with van der Waals surface area (Å²) in [6.07, 6.45) is 1.52. The van der Waals surface area contributed by atoms with Crippen molar-refractivity contribution < 1.29 is 9.53 Å². The SMILES string of the molecule is CCn1c(SCC(=O)N/N=C/c2ccccc2Cl)nnc1-c1ccc(OC)cc1. The van der Waals surface area contributed by atoms with Crippen LogP contribution in [0.4, 0.5) is 0 Å².